The van der Waals surface area contributed by atoms with Crippen LogP contribution < -0.4 is 5.32 Å². The molecule has 0 aliphatic carbocycles. The molecule has 0 bridgehead atoms. The molecule has 0 saturated heterocycles. The van der Waals surface area contributed by atoms with Gasteiger partial charge < -0.3 is 10.2 Å². The molecule has 2 aromatic carbocycles. The van der Waals surface area contributed by atoms with Crippen LogP contribution >= 0.6 is 0 Å². The molecule has 0 saturated carbocycles. The van der Waals surface area contributed by atoms with Gasteiger partial charge in [0, 0.05) is 31.4 Å². The molecule has 3 rings (SSSR count). The van der Waals surface area contributed by atoms with Gasteiger partial charge in [-0.25, -0.2) is 0 Å². The normalized spacial score (nSPS) is 12.7. The Morgan fingerprint density at radius 2 is 2.05 bits per heavy atom. The molecular formula is C18H20N2O. The first-order valence-electron chi connectivity index (χ1n) is 7.32. The fourth-order valence-electron chi connectivity index (χ4n) is 2.76. The summed E-state index contributed by atoms with van der Waals surface area (Å²) in [6, 6.07) is 14.1. The van der Waals surface area contributed by atoms with Crippen LogP contribution in [0.2, 0.25) is 0 Å². The van der Waals surface area contributed by atoms with Gasteiger partial charge in [0.15, 0.2) is 0 Å². The molecular weight excluding hydrogens is 260 g/mol. The number of carbonyl (C=O) groups is 1. The van der Waals surface area contributed by atoms with Crippen LogP contribution in [0.4, 0.5) is 5.69 Å². The predicted octanol–water partition coefficient (Wildman–Crippen LogP) is 3.24. The Hall–Kier alpha value is -2.29. The number of hydrogen-bond donors (Lipinski definition) is 1. The van der Waals surface area contributed by atoms with E-state index in [1.165, 1.54) is 16.7 Å². The van der Waals surface area contributed by atoms with Crippen molar-refractivity contribution < 1.29 is 4.79 Å². The topological polar surface area (TPSA) is 32.3 Å². The van der Waals surface area contributed by atoms with E-state index in [4.69, 9.17) is 0 Å². The number of benzene rings is 2. The molecule has 0 spiro atoms. The standard InChI is InChI=1S/C18H20N2O/c1-13-5-3-4-6-16(13)12-20(2)18(21)15-8-7-14-9-10-19-17(14)11-15/h3-8,11,19H,9-10,12H2,1-2H3. The van der Waals surface area contributed by atoms with Crippen molar-refractivity contribution in [2.24, 2.45) is 0 Å². The number of rotatable bonds is 3. The molecule has 0 atom stereocenters. The zero-order chi connectivity index (χ0) is 14.8. The van der Waals surface area contributed by atoms with E-state index >= 15 is 0 Å². The second-order valence-electron chi connectivity index (χ2n) is 5.64. The predicted molar refractivity (Wildman–Crippen MR) is 85.6 cm³/mol. The maximum atomic E-state index is 12.6. The molecule has 2 aromatic rings. The van der Waals surface area contributed by atoms with E-state index in [-0.39, 0.29) is 5.91 Å². The van der Waals surface area contributed by atoms with E-state index < -0.39 is 0 Å². The third-order valence-corrected chi connectivity index (χ3v) is 4.08. The summed E-state index contributed by atoms with van der Waals surface area (Å²) in [6.07, 6.45) is 1.04. The smallest absolute Gasteiger partial charge is 0.253 e. The molecule has 1 amide bonds. The second-order valence-corrected chi connectivity index (χ2v) is 5.64. The minimum Gasteiger partial charge on any atom is -0.384 e. The Balaban J connectivity index is 1.77. The highest BCUT2D eigenvalue weighted by atomic mass is 16.2. The van der Waals surface area contributed by atoms with Crippen LogP contribution in [0.15, 0.2) is 42.5 Å². The Kier molecular flexibility index (Phi) is 3.65. The first-order chi connectivity index (χ1) is 10.1. The molecule has 0 fully saturated rings. The van der Waals surface area contributed by atoms with E-state index in [2.05, 4.69) is 30.4 Å². The summed E-state index contributed by atoms with van der Waals surface area (Å²) in [7, 11) is 1.86. The maximum Gasteiger partial charge on any atom is 0.253 e. The monoisotopic (exact) mass is 280 g/mol. The number of nitrogens with one attached hydrogen (secondary N) is 1. The van der Waals surface area contributed by atoms with Crippen LogP contribution in [-0.4, -0.2) is 24.4 Å². The average molecular weight is 280 g/mol. The van der Waals surface area contributed by atoms with E-state index in [1.54, 1.807) is 4.90 Å². The lowest BCUT2D eigenvalue weighted by Gasteiger charge is -2.19. The first kappa shape index (κ1) is 13.7. The number of amides is 1. The lowest BCUT2D eigenvalue weighted by molar-refractivity contribution is 0.0785. The fourth-order valence-corrected chi connectivity index (χ4v) is 2.76. The van der Waals surface area contributed by atoms with E-state index in [0.717, 1.165) is 24.2 Å². The highest BCUT2D eigenvalue weighted by molar-refractivity contribution is 5.95. The van der Waals surface area contributed by atoms with Crippen LogP contribution in [0, 0.1) is 6.92 Å². The van der Waals surface area contributed by atoms with Gasteiger partial charge in [-0.05, 0) is 42.2 Å². The summed E-state index contributed by atoms with van der Waals surface area (Å²) < 4.78 is 0. The van der Waals surface area contributed by atoms with E-state index in [1.807, 2.05) is 31.3 Å². The number of anilines is 1. The van der Waals surface area contributed by atoms with E-state index in [0.29, 0.717) is 6.54 Å². The first-order valence-corrected chi connectivity index (χ1v) is 7.32. The summed E-state index contributed by atoms with van der Waals surface area (Å²) in [5.74, 6) is 0.0646. The number of carbonyl (C=O) groups excluding carboxylic acids is 1. The Bertz CT molecular complexity index is 679. The summed E-state index contributed by atoms with van der Waals surface area (Å²) >= 11 is 0. The quantitative estimate of drug-likeness (QED) is 0.936. The van der Waals surface area contributed by atoms with Crippen molar-refractivity contribution in [3.05, 3.63) is 64.7 Å². The molecule has 1 N–H and O–H groups in total. The number of aryl methyl sites for hydroxylation is 1. The number of hydrogen-bond acceptors (Lipinski definition) is 2. The van der Waals surface area contributed by atoms with Gasteiger partial charge in [-0.1, -0.05) is 30.3 Å². The summed E-state index contributed by atoms with van der Waals surface area (Å²) in [5.41, 5.74) is 5.55. The zero-order valence-electron chi connectivity index (χ0n) is 12.5. The largest absolute Gasteiger partial charge is 0.384 e. The van der Waals surface area contributed by atoms with E-state index in [9.17, 15) is 4.79 Å². The second kappa shape index (κ2) is 5.60. The third kappa shape index (κ3) is 2.77. The van der Waals surface area contributed by atoms with Gasteiger partial charge in [0.25, 0.3) is 5.91 Å². The van der Waals surface area contributed by atoms with Crippen molar-refractivity contribution in [1.29, 1.82) is 0 Å². The maximum absolute atomic E-state index is 12.6. The van der Waals surface area contributed by atoms with Crippen LogP contribution in [0.1, 0.15) is 27.0 Å². The summed E-state index contributed by atoms with van der Waals surface area (Å²) in [5, 5.41) is 3.32. The lowest BCUT2D eigenvalue weighted by Crippen LogP contribution is -2.26. The lowest BCUT2D eigenvalue weighted by atomic mass is 10.1. The minimum absolute atomic E-state index is 0.0646. The fraction of sp³-hybridized carbons (Fsp3) is 0.278. The highest BCUT2D eigenvalue weighted by Crippen LogP contribution is 2.24. The van der Waals surface area contributed by atoms with Crippen molar-refractivity contribution >= 4 is 11.6 Å². The van der Waals surface area contributed by atoms with Crippen LogP contribution in [0.3, 0.4) is 0 Å². The number of fused-ring (bicyclic) bond motifs is 1. The SMILES string of the molecule is Cc1ccccc1CN(C)C(=O)c1ccc2c(c1)NCC2. The summed E-state index contributed by atoms with van der Waals surface area (Å²) in [4.78, 5) is 14.3. The molecule has 108 valence electrons. The molecule has 3 nitrogen and oxygen atoms in total. The highest BCUT2D eigenvalue weighted by Gasteiger charge is 2.16. The third-order valence-electron chi connectivity index (χ3n) is 4.08. The zero-order valence-corrected chi connectivity index (χ0v) is 12.5. The average Bonchev–Trinajstić information content (AvgIpc) is 2.96. The Morgan fingerprint density at radius 1 is 1.24 bits per heavy atom. The van der Waals surface area contributed by atoms with Crippen molar-refractivity contribution in [3.8, 4) is 0 Å². The Labute approximate surface area is 125 Å². The molecule has 0 aromatic heterocycles. The van der Waals surface area contributed by atoms with Crippen LogP contribution in [0.5, 0.6) is 0 Å². The van der Waals surface area contributed by atoms with Crippen molar-refractivity contribution in [2.45, 2.75) is 19.9 Å². The van der Waals surface area contributed by atoms with Crippen molar-refractivity contribution in [1.82, 2.24) is 4.90 Å². The molecule has 0 unspecified atom stereocenters. The van der Waals surface area contributed by atoms with Gasteiger partial charge >= 0.3 is 0 Å². The Morgan fingerprint density at radius 3 is 2.86 bits per heavy atom. The molecule has 21 heavy (non-hydrogen) atoms. The number of nitrogens with zero attached hydrogens (tertiary/aromatic N) is 1. The van der Waals surface area contributed by atoms with Crippen molar-refractivity contribution in [2.75, 3.05) is 18.9 Å². The van der Waals surface area contributed by atoms with Crippen LogP contribution in [-0.2, 0) is 13.0 Å². The molecule has 0 radical (unpaired) electrons. The molecule has 1 heterocycles. The minimum atomic E-state index is 0.0646. The van der Waals surface area contributed by atoms with Gasteiger partial charge in [-0.2, -0.15) is 0 Å². The molecule has 3 heteroatoms. The summed E-state index contributed by atoms with van der Waals surface area (Å²) in [6.45, 7) is 3.68. The van der Waals surface area contributed by atoms with Gasteiger partial charge in [0.05, 0.1) is 0 Å². The van der Waals surface area contributed by atoms with Gasteiger partial charge in [0.2, 0.25) is 0 Å². The molecule has 1 aliphatic rings. The molecule has 1 aliphatic heterocycles. The van der Waals surface area contributed by atoms with Gasteiger partial charge in [-0.15, -0.1) is 0 Å². The van der Waals surface area contributed by atoms with Gasteiger partial charge in [-0.3, -0.25) is 4.79 Å². The van der Waals surface area contributed by atoms with Crippen molar-refractivity contribution in [3.63, 3.8) is 0 Å². The van der Waals surface area contributed by atoms with Gasteiger partial charge in [0.1, 0.15) is 0 Å². The van der Waals surface area contributed by atoms with Crippen LogP contribution in [0.25, 0.3) is 0 Å².